The summed E-state index contributed by atoms with van der Waals surface area (Å²) >= 11 is 0. The lowest BCUT2D eigenvalue weighted by molar-refractivity contribution is 0.0720. The summed E-state index contributed by atoms with van der Waals surface area (Å²) in [7, 11) is -3.11. The highest BCUT2D eigenvalue weighted by molar-refractivity contribution is 7.91. The van der Waals surface area contributed by atoms with Crippen LogP contribution in [0, 0.1) is 11.3 Å². The third-order valence-electron chi connectivity index (χ3n) is 4.74. The zero-order valence-corrected chi connectivity index (χ0v) is 18.2. The van der Waals surface area contributed by atoms with E-state index in [2.05, 4.69) is 20.8 Å². The maximum Gasteiger partial charge on any atom is 0.151 e. The Labute approximate surface area is 165 Å². The molecular weight excluding hydrogens is 360 g/mol. The van der Waals surface area contributed by atoms with E-state index in [-0.39, 0.29) is 22.8 Å². The van der Waals surface area contributed by atoms with Crippen LogP contribution in [0.4, 0.5) is 0 Å². The molecule has 1 aromatic carbocycles. The topological polar surface area (TPSA) is 52.6 Å². The van der Waals surface area contributed by atoms with E-state index in [1.54, 1.807) is 0 Å². The smallest absolute Gasteiger partial charge is 0.151 e. The molecule has 5 heteroatoms. The van der Waals surface area contributed by atoms with Crippen molar-refractivity contribution in [1.82, 2.24) is 0 Å². The molecule has 1 aliphatic carbocycles. The van der Waals surface area contributed by atoms with E-state index in [1.807, 2.05) is 31.2 Å². The van der Waals surface area contributed by atoms with Crippen molar-refractivity contribution >= 4 is 9.84 Å². The first-order valence-electron chi connectivity index (χ1n) is 10.2. The summed E-state index contributed by atoms with van der Waals surface area (Å²) in [6.07, 6.45) is 3.87. The number of rotatable bonds is 12. The molecule has 0 aromatic heterocycles. The van der Waals surface area contributed by atoms with Crippen molar-refractivity contribution in [3.63, 3.8) is 0 Å². The zero-order valence-electron chi connectivity index (χ0n) is 17.4. The van der Waals surface area contributed by atoms with Gasteiger partial charge in [-0.15, -0.1) is 0 Å². The van der Waals surface area contributed by atoms with Crippen LogP contribution < -0.4 is 4.74 Å². The standard InChI is InChI=1S/C22H36O4S/c1-5-19(16-27(23,24)13-7-12-25-17-22(2,3)4)20-8-6-9-21(14-20)26-15-18-10-11-18/h6,8-9,14,18-19H,5,7,10-13,15-17H2,1-4H3/t19-/m0/s1. The quantitative estimate of drug-likeness (QED) is 0.475. The van der Waals surface area contributed by atoms with Crippen molar-refractivity contribution in [2.45, 2.75) is 59.3 Å². The maximum absolute atomic E-state index is 12.6. The molecule has 0 bridgehead atoms. The fourth-order valence-corrected chi connectivity index (χ4v) is 4.72. The molecule has 1 aromatic rings. The Bertz CT molecular complexity index is 672. The molecule has 0 saturated heterocycles. The van der Waals surface area contributed by atoms with Gasteiger partial charge >= 0.3 is 0 Å². The molecule has 0 N–H and O–H groups in total. The van der Waals surface area contributed by atoms with Crippen LogP contribution in [-0.2, 0) is 14.6 Å². The fourth-order valence-electron chi connectivity index (χ4n) is 2.96. The Morgan fingerprint density at radius 2 is 1.96 bits per heavy atom. The summed E-state index contributed by atoms with van der Waals surface area (Å²) in [6.45, 7) is 10.3. The van der Waals surface area contributed by atoms with Gasteiger partial charge in [-0.2, -0.15) is 0 Å². The highest BCUT2D eigenvalue weighted by atomic mass is 32.2. The molecule has 0 unspecified atom stereocenters. The Kier molecular flexibility index (Phi) is 8.17. The van der Waals surface area contributed by atoms with Gasteiger partial charge < -0.3 is 9.47 Å². The molecule has 154 valence electrons. The van der Waals surface area contributed by atoms with Gasteiger partial charge in [0, 0.05) is 6.61 Å². The number of sulfone groups is 1. The summed E-state index contributed by atoms with van der Waals surface area (Å²) in [5.41, 5.74) is 1.16. The van der Waals surface area contributed by atoms with Crippen LogP contribution in [-0.4, -0.2) is 39.7 Å². The second-order valence-corrected chi connectivity index (χ2v) is 11.2. The Morgan fingerprint density at radius 3 is 2.59 bits per heavy atom. The van der Waals surface area contributed by atoms with Crippen molar-refractivity contribution in [3.05, 3.63) is 29.8 Å². The van der Waals surface area contributed by atoms with Crippen molar-refractivity contribution in [1.29, 1.82) is 0 Å². The lowest BCUT2D eigenvalue weighted by atomic mass is 9.98. The summed E-state index contributed by atoms with van der Waals surface area (Å²) in [6, 6.07) is 7.95. The van der Waals surface area contributed by atoms with Crippen molar-refractivity contribution in [2.75, 3.05) is 31.3 Å². The average Bonchev–Trinajstić information content (AvgIpc) is 3.41. The minimum absolute atomic E-state index is 0.00923. The highest BCUT2D eigenvalue weighted by Gasteiger charge is 2.23. The first-order valence-corrected chi connectivity index (χ1v) is 12.0. The zero-order chi connectivity index (χ0) is 19.9. The first kappa shape index (κ1) is 22.2. The monoisotopic (exact) mass is 396 g/mol. The van der Waals surface area contributed by atoms with Crippen LogP contribution in [0.25, 0.3) is 0 Å². The van der Waals surface area contributed by atoms with Crippen LogP contribution in [0.3, 0.4) is 0 Å². The molecule has 27 heavy (non-hydrogen) atoms. The van der Waals surface area contributed by atoms with Crippen molar-refractivity contribution in [3.8, 4) is 5.75 Å². The maximum atomic E-state index is 12.6. The van der Waals surface area contributed by atoms with Gasteiger partial charge in [-0.05, 0) is 60.6 Å². The molecule has 0 radical (unpaired) electrons. The van der Waals surface area contributed by atoms with Crippen LogP contribution in [0.15, 0.2) is 24.3 Å². The van der Waals surface area contributed by atoms with Gasteiger partial charge in [0.05, 0.1) is 24.7 Å². The summed E-state index contributed by atoms with van der Waals surface area (Å²) in [5, 5.41) is 0. The minimum Gasteiger partial charge on any atom is -0.493 e. The number of ether oxygens (including phenoxy) is 2. The molecular formula is C22H36O4S. The number of benzene rings is 1. The van der Waals surface area contributed by atoms with Crippen LogP contribution >= 0.6 is 0 Å². The Morgan fingerprint density at radius 1 is 1.22 bits per heavy atom. The van der Waals surface area contributed by atoms with E-state index in [9.17, 15) is 8.42 Å². The molecule has 1 saturated carbocycles. The van der Waals surface area contributed by atoms with Crippen molar-refractivity contribution in [2.24, 2.45) is 11.3 Å². The van der Waals surface area contributed by atoms with Gasteiger partial charge in [0.15, 0.2) is 9.84 Å². The van der Waals surface area contributed by atoms with Gasteiger partial charge in [-0.25, -0.2) is 8.42 Å². The average molecular weight is 397 g/mol. The van der Waals surface area contributed by atoms with E-state index in [4.69, 9.17) is 9.47 Å². The van der Waals surface area contributed by atoms with Gasteiger partial charge in [-0.1, -0.05) is 39.8 Å². The van der Waals surface area contributed by atoms with E-state index in [1.165, 1.54) is 12.8 Å². The number of hydrogen-bond donors (Lipinski definition) is 0. The SMILES string of the molecule is CC[C@@H](CS(=O)(=O)CCCOCC(C)(C)C)c1cccc(OCC2CC2)c1. The molecule has 0 amide bonds. The molecule has 0 heterocycles. The molecule has 0 spiro atoms. The van der Waals surface area contributed by atoms with Crippen LogP contribution in [0.1, 0.15) is 64.9 Å². The minimum atomic E-state index is -3.11. The predicted molar refractivity (Wildman–Crippen MR) is 111 cm³/mol. The fraction of sp³-hybridized carbons (Fsp3) is 0.727. The van der Waals surface area contributed by atoms with Crippen LogP contribution in [0.2, 0.25) is 0 Å². The molecule has 1 fully saturated rings. The van der Waals surface area contributed by atoms with E-state index in [0.29, 0.717) is 25.6 Å². The largest absolute Gasteiger partial charge is 0.493 e. The molecule has 0 aliphatic heterocycles. The number of hydrogen-bond acceptors (Lipinski definition) is 4. The lowest BCUT2D eigenvalue weighted by Crippen LogP contribution is -2.20. The normalized spacial score (nSPS) is 16.3. The van der Waals surface area contributed by atoms with Gasteiger partial charge in [0.2, 0.25) is 0 Å². The lowest BCUT2D eigenvalue weighted by Gasteiger charge is -2.18. The molecule has 1 atom stereocenters. The Balaban J connectivity index is 1.84. The third kappa shape index (κ3) is 9.11. The first-order chi connectivity index (χ1) is 12.7. The third-order valence-corrected chi connectivity index (χ3v) is 6.56. The van der Waals surface area contributed by atoms with Crippen LogP contribution in [0.5, 0.6) is 5.75 Å². The summed E-state index contributed by atoms with van der Waals surface area (Å²) in [4.78, 5) is 0. The summed E-state index contributed by atoms with van der Waals surface area (Å²) in [5.74, 6) is 1.94. The molecule has 1 aliphatic rings. The summed E-state index contributed by atoms with van der Waals surface area (Å²) < 4.78 is 36.6. The van der Waals surface area contributed by atoms with E-state index in [0.717, 1.165) is 24.3 Å². The second-order valence-electron chi connectivity index (χ2n) is 9.01. The van der Waals surface area contributed by atoms with E-state index >= 15 is 0 Å². The van der Waals surface area contributed by atoms with Gasteiger partial charge in [0.25, 0.3) is 0 Å². The predicted octanol–water partition coefficient (Wildman–Crippen LogP) is 4.84. The second kappa shape index (κ2) is 9.92. The van der Waals surface area contributed by atoms with E-state index < -0.39 is 9.84 Å². The Hall–Kier alpha value is -1.07. The molecule has 4 nitrogen and oxygen atoms in total. The highest BCUT2D eigenvalue weighted by Crippen LogP contribution is 2.31. The van der Waals surface area contributed by atoms with Crippen molar-refractivity contribution < 1.29 is 17.9 Å². The van der Waals surface area contributed by atoms with Gasteiger partial charge in [0.1, 0.15) is 5.75 Å². The molecule has 2 rings (SSSR count). The van der Waals surface area contributed by atoms with Gasteiger partial charge in [-0.3, -0.25) is 0 Å².